The number of thiophene rings is 1. The molecular weight excluding hydrogens is 274 g/mol. The van der Waals surface area contributed by atoms with Gasteiger partial charge in [-0.25, -0.2) is 9.36 Å². The van der Waals surface area contributed by atoms with Crippen molar-refractivity contribution < 1.29 is 5.11 Å². The third-order valence-electron chi connectivity index (χ3n) is 3.24. The summed E-state index contributed by atoms with van der Waals surface area (Å²) in [5.41, 5.74) is 1.51. The molecule has 98 valence electrons. The van der Waals surface area contributed by atoms with Crippen LogP contribution in [0.1, 0.15) is 0 Å². The number of para-hydroxylation sites is 2. The molecule has 4 rings (SSSR count). The van der Waals surface area contributed by atoms with E-state index in [-0.39, 0.29) is 11.6 Å². The number of fused-ring (bicyclic) bond motifs is 3. The highest BCUT2D eigenvalue weighted by molar-refractivity contribution is 7.12. The van der Waals surface area contributed by atoms with Crippen LogP contribution in [0, 0.1) is 0 Å². The van der Waals surface area contributed by atoms with E-state index in [4.69, 9.17) is 0 Å². The van der Waals surface area contributed by atoms with Crippen LogP contribution in [0.3, 0.4) is 0 Å². The molecule has 0 aliphatic carbocycles. The van der Waals surface area contributed by atoms with E-state index >= 15 is 0 Å². The number of nitrogens with zero attached hydrogens (tertiary/aromatic N) is 3. The maximum absolute atomic E-state index is 12.6. The Morgan fingerprint density at radius 3 is 2.75 bits per heavy atom. The first-order valence-electron chi connectivity index (χ1n) is 6.01. The van der Waals surface area contributed by atoms with Crippen LogP contribution in [-0.4, -0.2) is 19.1 Å². The fraction of sp³-hybridized carbons (Fsp3) is 0. The smallest absolute Gasteiger partial charge is 0.341 e. The van der Waals surface area contributed by atoms with Crippen LogP contribution in [0.15, 0.2) is 52.8 Å². The molecule has 0 atom stereocenters. The van der Waals surface area contributed by atoms with Crippen LogP contribution in [-0.2, 0) is 0 Å². The summed E-state index contributed by atoms with van der Waals surface area (Å²) in [6.07, 6.45) is 1.52. The van der Waals surface area contributed by atoms with Crippen molar-refractivity contribution >= 4 is 27.9 Å². The molecule has 0 fully saturated rings. The van der Waals surface area contributed by atoms with Crippen molar-refractivity contribution in [3.63, 3.8) is 0 Å². The molecule has 0 bridgehead atoms. The zero-order chi connectivity index (χ0) is 13.7. The Hall–Kier alpha value is -2.60. The van der Waals surface area contributed by atoms with Crippen LogP contribution in [0.4, 0.5) is 0 Å². The third kappa shape index (κ3) is 1.36. The Morgan fingerprint density at radius 2 is 1.95 bits per heavy atom. The highest BCUT2D eigenvalue weighted by Gasteiger charge is 2.17. The van der Waals surface area contributed by atoms with Crippen molar-refractivity contribution in [2.45, 2.75) is 0 Å². The first kappa shape index (κ1) is 11.2. The highest BCUT2D eigenvalue weighted by Crippen LogP contribution is 2.25. The normalized spacial score (nSPS) is 11.4. The van der Waals surface area contributed by atoms with Crippen molar-refractivity contribution in [1.82, 2.24) is 14.0 Å². The van der Waals surface area contributed by atoms with Gasteiger partial charge in [-0.05, 0) is 29.6 Å². The largest absolute Gasteiger partial charge is 0.493 e. The number of hydrogen-bond donors (Lipinski definition) is 1. The maximum Gasteiger partial charge on any atom is 0.341 e. The van der Waals surface area contributed by atoms with E-state index in [9.17, 15) is 9.90 Å². The van der Waals surface area contributed by atoms with E-state index in [2.05, 4.69) is 4.98 Å². The molecule has 0 spiro atoms. The number of aromatic hydroxyl groups is 1. The summed E-state index contributed by atoms with van der Waals surface area (Å²) in [5, 5.41) is 12.9. The van der Waals surface area contributed by atoms with Crippen molar-refractivity contribution in [3.8, 4) is 10.9 Å². The standard InChI is InChI=1S/C14H9N3O2S/c18-13-11-8-15-9-4-1-2-5-10(9)16(11)14(19)17(13)12-6-3-7-20-12/h1-8,18H. The van der Waals surface area contributed by atoms with Gasteiger partial charge in [-0.1, -0.05) is 12.1 Å². The zero-order valence-electron chi connectivity index (χ0n) is 10.2. The summed E-state index contributed by atoms with van der Waals surface area (Å²) in [5.74, 6) is -0.0873. The number of aromatic nitrogens is 3. The van der Waals surface area contributed by atoms with Gasteiger partial charge in [0.2, 0.25) is 5.88 Å². The van der Waals surface area contributed by atoms with Gasteiger partial charge in [-0.3, -0.25) is 9.38 Å². The van der Waals surface area contributed by atoms with Crippen molar-refractivity contribution in [2.75, 3.05) is 0 Å². The molecular formula is C14H9N3O2S. The summed E-state index contributed by atoms with van der Waals surface area (Å²) >= 11 is 1.39. The van der Waals surface area contributed by atoms with Gasteiger partial charge in [0, 0.05) is 0 Å². The maximum atomic E-state index is 12.6. The van der Waals surface area contributed by atoms with E-state index in [1.807, 2.05) is 35.7 Å². The van der Waals surface area contributed by atoms with E-state index in [1.54, 1.807) is 6.07 Å². The second-order valence-electron chi connectivity index (χ2n) is 4.36. The summed E-state index contributed by atoms with van der Waals surface area (Å²) < 4.78 is 2.78. The Morgan fingerprint density at radius 1 is 1.10 bits per heavy atom. The first-order valence-corrected chi connectivity index (χ1v) is 6.89. The molecule has 0 unspecified atom stereocenters. The monoisotopic (exact) mass is 283 g/mol. The second kappa shape index (κ2) is 3.94. The molecule has 5 nitrogen and oxygen atoms in total. The average Bonchev–Trinajstić information content (AvgIpc) is 3.07. The predicted octanol–water partition coefficient (Wildman–Crippen LogP) is 2.41. The van der Waals surface area contributed by atoms with Gasteiger partial charge < -0.3 is 5.11 Å². The number of benzene rings is 1. The summed E-state index contributed by atoms with van der Waals surface area (Å²) in [6.45, 7) is 0. The number of rotatable bonds is 1. The number of imidazole rings is 1. The van der Waals surface area contributed by atoms with Crippen molar-refractivity contribution in [2.24, 2.45) is 0 Å². The Bertz CT molecular complexity index is 983. The van der Waals surface area contributed by atoms with Crippen molar-refractivity contribution in [1.29, 1.82) is 0 Å². The van der Waals surface area contributed by atoms with E-state index in [0.29, 0.717) is 21.6 Å². The third-order valence-corrected chi connectivity index (χ3v) is 4.09. The minimum absolute atomic E-state index is 0.0873. The fourth-order valence-electron chi connectivity index (χ4n) is 2.35. The van der Waals surface area contributed by atoms with Gasteiger partial charge >= 0.3 is 5.69 Å². The molecule has 0 aliphatic rings. The van der Waals surface area contributed by atoms with Crippen LogP contribution in [0.5, 0.6) is 5.88 Å². The molecule has 0 saturated heterocycles. The van der Waals surface area contributed by atoms with Gasteiger partial charge in [-0.2, -0.15) is 0 Å². The molecule has 3 heterocycles. The van der Waals surface area contributed by atoms with Crippen LogP contribution in [0.25, 0.3) is 21.6 Å². The molecule has 6 heteroatoms. The SMILES string of the molecule is O=c1n(-c2cccs2)c(O)c2cnc3ccccc3n12. The van der Waals surface area contributed by atoms with Gasteiger partial charge in [0.25, 0.3) is 0 Å². The molecule has 0 aliphatic heterocycles. The van der Waals surface area contributed by atoms with Gasteiger partial charge in [-0.15, -0.1) is 11.3 Å². The lowest BCUT2D eigenvalue weighted by Crippen LogP contribution is -2.18. The Labute approximate surface area is 117 Å². The van der Waals surface area contributed by atoms with E-state index < -0.39 is 0 Å². The van der Waals surface area contributed by atoms with E-state index in [0.717, 1.165) is 0 Å². The molecule has 0 amide bonds. The van der Waals surface area contributed by atoms with Crippen LogP contribution in [0.2, 0.25) is 0 Å². The lowest BCUT2D eigenvalue weighted by atomic mass is 10.3. The molecule has 0 saturated carbocycles. The average molecular weight is 283 g/mol. The Kier molecular flexibility index (Phi) is 2.22. The predicted molar refractivity (Wildman–Crippen MR) is 77.8 cm³/mol. The zero-order valence-corrected chi connectivity index (χ0v) is 11.0. The van der Waals surface area contributed by atoms with E-state index in [1.165, 1.54) is 26.5 Å². The lowest BCUT2D eigenvalue weighted by molar-refractivity contribution is 0.447. The lowest BCUT2D eigenvalue weighted by Gasteiger charge is -1.98. The summed E-state index contributed by atoms with van der Waals surface area (Å²) in [4.78, 5) is 16.9. The minimum Gasteiger partial charge on any atom is -0.493 e. The molecule has 20 heavy (non-hydrogen) atoms. The van der Waals surface area contributed by atoms with Gasteiger partial charge in [0.05, 0.1) is 17.2 Å². The fourth-order valence-corrected chi connectivity index (χ4v) is 3.07. The minimum atomic E-state index is -0.293. The second-order valence-corrected chi connectivity index (χ2v) is 5.29. The number of hydrogen-bond acceptors (Lipinski definition) is 4. The topological polar surface area (TPSA) is 59.5 Å². The Balaban J connectivity index is 2.24. The van der Waals surface area contributed by atoms with Crippen LogP contribution < -0.4 is 5.69 Å². The van der Waals surface area contributed by atoms with Crippen molar-refractivity contribution in [3.05, 3.63) is 58.5 Å². The highest BCUT2D eigenvalue weighted by atomic mass is 32.1. The summed E-state index contributed by atoms with van der Waals surface area (Å²) in [6, 6.07) is 11.0. The molecule has 3 aromatic heterocycles. The van der Waals surface area contributed by atoms with Gasteiger partial charge in [0.15, 0.2) is 0 Å². The van der Waals surface area contributed by atoms with Gasteiger partial charge in [0.1, 0.15) is 10.5 Å². The molecule has 1 N–H and O–H groups in total. The quantitative estimate of drug-likeness (QED) is 0.583. The molecule has 0 radical (unpaired) electrons. The first-order chi connectivity index (χ1) is 9.77. The summed E-state index contributed by atoms with van der Waals surface area (Å²) in [7, 11) is 0. The van der Waals surface area contributed by atoms with Crippen LogP contribution >= 0.6 is 11.3 Å². The molecule has 4 aromatic rings. The molecule has 1 aromatic carbocycles.